The predicted molar refractivity (Wildman–Crippen MR) is 129 cm³/mol. The molecule has 0 saturated carbocycles. The average molecular weight is 513 g/mol. The zero-order valence-electron chi connectivity index (χ0n) is 20.1. The summed E-state index contributed by atoms with van der Waals surface area (Å²) in [5.74, 6) is -0.0822. The first kappa shape index (κ1) is 23.2. The number of carbonyl (C=O) groups is 1. The molecule has 4 atom stereocenters. The van der Waals surface area contributed by atoms with Crippen molar-refractivity contribution in [3.05, 3.63) is 58.1 Å². The molecule has 1 fully saturated rings. The summed E-state index contributed by atoms with van der Waals surface area (Å²) in [4.78, 5) is 26.6. The van der Waals surface area contributed by atoms with Gasteiger partial charge in [0.25, 0.3) is 0 Å². The summed E-state index contributed by atoms with van der Waals surface area (Å²) in [5, 5.41) is 0.277. The van der Waals surface area contributed by atoms with Gasteiger partial charge in [-0.25, -0.2) is 4.79 Å². The third-order valence-corrected chi connectivity index (χ3v) is 7.69. The molecule has 3 heterocycles. The lowest BCUT2D eigenvalue weighted by Gasteiger charge is -2.37. The minimum atomic E-state index is -0.989. The second-order valence-electron chi connectivity index (χ2n) is 9.18. The average Bonchev–Trinajstić information content (AvgIpc) is 3.43. The van der Waals surface area contributed by atoms with Gasteiger partial charge in [0, 0.05) is 22.8 Å². The van der Waals surface area contributed by atoms with Crippen molar-refractivity contribution in [1.82, 2.24) is 0 Å². The van der Waals surface area contributed by atoms with Crippen LogP contribution in [0, 0.1) is 0 Å². The van der Waals surface area contributed by atoms with Crippen LogP contribution in [0.4, 0.5) is 0 Å². The van der Waals surface area contributed by atoms with Gasteiger partial charge in [-0.2, -0.15) is 0 Å². The van der Waals surface area contributed by atoms with E-state index in [0.717, 1.165) is 4.90 Å². The number of hydrogen-bond donors (Lipinski definition) is 0. The van der Waals surface area contributed by atoms with Crippen LogP contribution in [-0.2, 0) is 19.0 Å². The zero-order valence-corrected chi connectivity index (χ0v) is 20.9. The lowest BCUT2D eigenvalue weighted by molar-refractivity contribution is -0.169. The lowest BCUT2D eigenvalue weighted by atomic mass is 9.86. The molecule has 9 nitrogen and oxygen atoms in total. The number of rotatable bonds is 4. The third-order valence-electron chi connectivity index (χ3n) is 6.39. The van der Waals surface area contributed by atoms with E-state index >= 15 is 0 Å². The Morgan fingerprint density at radius 2 is 1.92 bits per heavy atom. The van der Waals surface area contributed by atoms with Gasteiger partial charge in [0.1, 0.15) is 29.5 Å². The molecule has 1 saturated heterocycles. The minimum Gasteiger partial charge on any atom is -0.492 e. The van der Waals surface area contributed by atoms with Gasteiger partial charge in [-0.3, -0.25) is 4.79 Å². The van der Waals surface area contributed by atoms with Gasteiger partial charge in [0.05, 0.1) is 12.4 Å². The molecule has 36 heavy (non-hydrogen) atoms. The number of fused-ring (bicyclic) bond motifs is 6. The fourth-order valence-corrected chi connectivity index (χ4v) is 6.44. The van der Waals surface area contributed by atoms with Crippen LogP contribution in [0.2, 0.25) is 0 Å². The highest BCUT2D eigenvalue weighted by molar-refractivity contribution is 7.99. The van der Waals surface area contributed by atoms with Crippen molar-refractivity contribution in [1.29, 1.82) is 0 Å². The standard InChI is InChI=1S/C26H24O9S/c1-12(27)32-23-22-21(34-26(2,3)35-22)20-16(24(23)36-13-8-6-5-7-9-13)14-10-15-18(31-11-30-15)19(29-4)17(14)25(28)33-20/h5-10,21-24H,11H2,1-4H3/t21-,22-,23+,24-/m0/s1. The second kappa shape index (κ2) is 8.43. The maximum absolute atomic E-state index is 13.4. The number of ether oxygens (including phenoxy) is 6. The Morgan fingerprint density at radius 1 is 1.14 bits per heavy atom. The Hall–Kier alpha value is -3.21. The summed E-state index contributed by atoms with van der Waals surface area (Å²) < 4.78 is 41.1. The van der Waals surface area contributed by atoms with E-state index in [1.54, 1.807) is 19.9 Å². The Labute approximate surface area is 210 Å². The van der Waals surface area contributed by atoms with Gasteiger partial charge in [-0.05, 0) is 32.0 Å². The Bertz CT molecular complexity index is 1410. The van der Waals surface area contributed by atoms with Gasteiger partial charge in [-0.1, -0.05) is 18.2 Å². The number of thioether (sulfide) groups is 1. The summed E-state index contributed by atoms with van der Waals surface area (Å²) >= 11 is 1.49. The van der Waals surface area contributed by atoms with Crippen LogP contribution < -0.4 is 19.8 Å². The first-order valence-electron chi connectivity index (χ1n) is 11.5. The summed E-state index contributed by atoms with van der Waals surface area (Å²) in [7, 11) is 1.46. The molecule has 0 N–H and O–H groups in total. The second-order valence-corrected chi connectivity index (χ2v) is 10.4. The Balaban J connectivity index is 1.66. The van der Waals surface area contributed by atoms with E-state index in [1.165, 1.54) is 25.8 Å². The molecule has 1 aromatic heterocycles. The van der Waals surface area contributed by atoms with Gasteiger partial charge >= 0.3 is 11.6 Å². The minimum absolute atomic E-state index is 0.00362. The van der Waals surface area contributed by atoms with E-state index < -0.39 is 40.9 Å². The first-order valence-corrected chi connectivity index (χ1v) is 12.4. The largest absolute Gasteiger partial charge is 0.492 e. The smallest absolute Gasteiger partial charge is 0.347 e. The quantitative estimate of drug-likeness (QED) is 0.464. The van der Waals surface area contributed by atoms with Gasteiger partial charge in [-0.15, -0.1) is 11.8 Å². The molecule has 188 valence electrons. The normalized spacial score (nSPS) is 25.3. The van der Waals surface area contributed by atoms with Crippen LogP contribution in [-0.4, -0.2) is 37.9 Å². The summed E-state index contributed by atoms with van der Waals surface area (Å²) in [6.07, 6.45) is -2.19. The van der Waals surface area contributed by atoms with Crippen molar-refractivity contribution in [3.63, 3.8) is 0 Å². The van der Waals surface area contributed by atoms with E-state index in [9.17, 15) is 9.59 Å². The molecule has 6 rings (SSSR count). The molecule has 2 aromatic carbocycles. The van der Waals surface area contributed by atoms with Gasteiger partial charge < -0.3 is 32.8 Å². The molecule has 1 aliphatic carbocycles. The lowest BCUT2D eigenvalue weighted by Crippen LogP contribution is -2.43. The molecule has 0 amide bonds. The van der Waals surface area contributed by atoms with Crippen LogP contribution in [0.5, 0.6) is 17.2 Å². The summed E-state index contributed by atoms with van der Waals surface area (Å²) in [5.41, 5.74) is 0.0595. The van der Waals surface area contributed by atoms with Crippen LogP contribution in [0.3, 0.4) is 0 Å². The van der Waals surface area contributed by atoms with Crippen molar-refractivity contribution < 1.29 is 37.6 Å². The SMILES string of the molecule is COc1c2c(cc3c4c(oc(=O)c13)[C@@H]1OC(C)(C)O[C@@H]1[C@@H](OC(C)=O)[C@H]4Sc1ccccc1)OCO2. The molecular weight excluding hydrogens is 488 g/mol. The molecule has 2 aliphatic heterocycles. The van der Waals surface area contributed by atoms with E-state index in [-0.39, 0.29) is 17.9 Å². The highest BCUT2D eigenvalue weighted by Crippen LogP contribution is 2.57. The van der Waals surface area contributed by atoms with Crippen LogP contribution in [0.15, 0.2) is 50.5 Å². The van der Waals surface area contributed by atoms with E-state index in [2.05, 4.69) is 0 Å². The molecule has 0 bridgehead atoms. The summed E-state index contributed by atoms with van der Waals surface area (Å²) in [6, 6.07) is 11.5. The molecule has 10 heteroatoms. The number of hydrogen-bond acceptors (Lipinski definition) is 10. The molecule has 0 unspecified atom stereocenters. The first-order chi connectivity index (χ1) is 17.3. The third kappa shape index (κ3) is 3.63. The van der Waals surface area contributed by atoms with Gasteiger partial charge in [0.2, 0.25) is 12.5 Å². The number of methoxy groups -OCH3 is 1. The van der Waals surface area contributed by atoms with Crippen LogP contribution >= 0.6 is 11.8 Å². The van der Waals surface area contributed by atoms with Crippen molar-refractivity contribution in [2.45, 2.75) is 55.0 Å². The topological polar surface area (TPSA) is 103 Å². The predicted octanol–water partition coefficient (Wildman–Crippen LogP) is 4.50. The maximum Gasteiger partial charge on any atom is 0.347 e. The van der Waals surface area contributed by atoms with Gasteiger partial charge in [0.15, 0.2) is 17.3 Å². The van der Waals surface area contributed by atoms with Crippen molar-refractivity contribution >= 4 is 28.5 Å². The molecule has 0 radical (unpaired) electrons. The van der Waals surface area contributed by atoms with Crippen molar-refractivity contribution in [2.24, 2.45) is 0 Å². The zero-order chi connectivity index (χ0) is 25.2. The van der Waals surface area contributed by atoms with Crippen molar-refractivity contribution in [2.75, 3.05) is 13.9 Å². The number of benzene rings is 2. The van der Waals surface area contributed by atoms with Crippen LogP contribution in [0.1, 0.15) is 43.4 Å². The Kier molecular flexibility index (Phi) is 5.43. The van der Waals surface area contributed by atoms with E-state index in [0.29, 0.717) is 28.2 Å². The highest BCUT2D eigenvalue weighted by Gasteiger charge is 2.56. The molecule has 0 spiro atoms. The molecule has 3 aromatic rings. The van der Waals surface area contributed by atoms with E-state index in [4.69, 9.17) is 32.8 Å². The van der Waals surface area contributed by atoms with E-state index in [1.807, 2.05) is 30.3 Å². The number of carbonyl (C=O) groups excluding carboxylic acids is 1. The van der Waals surface area contributed by atoms with Crippen molar-refractivity contribution in [3.8, 4) is 17.2 Å². The fraction of sp³-hybridized carbons (Fsp3) is 0.385. The highest BCUT2D eigenvalue weighted by atomic mass is 32.2. The molecular formula is C26H24O9S. The Morgan fingerprint density at radius 3 is 2.64 bits per heavy atom. The maximum atomic E-state index is 13.4. The summed E-state index contributed by atoms with van der Waals surface area (Å²) in [6.45, 7) is 4.91. The van der Waals surface area contributed by atoms with Crippen LogP contribution in [0.25, 0.3) is 10.8 Å². The number of esters is 1. The monoisotopic (exact) mass is 512 g/mol. The fourth-order valence-electron chi connectivity index (χ4n) is 5.13. The molecule has 3 aliphatic rings.